The smallest absolute Gasteiger partial charge is 0.0308 e. The summed E-state index contributed by atoms with van der Waals surface area (Å²) in [7, 11) is 0. The van der Waals surface area contributed by atoms with Crippen molar-refractivity contribution in [2.75, 3.05) is 0 Å². The fraction of sp³-hybridized carbons (Fsp3) is 0.250. The van der Waals surface area contributed by atoms with E-state index in [0.29, 0.717) is 0 Å². The highest BCUT2D eigenvalue weighted by Gasteiger charge is 1.80. The van der Waals surface area contributed by atoms with Gasteiger partial charge < -0.3 is 0 Å². The van der Waals surface area contributed by atoms with Crippen LogP contribution in [-0.2, 0) is 0 Å². The second-order valence-electron chi connectivity index (χ2n) is 3.69. The predicted molar refractivity (Wildman–Crippen MR) is 74.7 cm³/mol. The third kappa shape index (κ3) is 6.83. The van der Waals surface area contributed by atoms with Crippen molar-refractivity contribution in [1.82, 2.24) is 0 Å². The minimum Gasteiger partial charge on any atom is -0.0991 e. The molecular weight excluding hydrogens is 192 g/mol. The van der Waals surface area contributed by atoms with Crippen molar-refractivity contribution >= 4 is 0 Å². The Morgan fingerprint density at radius 3 is 1.69 bits per heavy atom. The van der Waals surface area contributed by atoms with Gasteiger partial charge in [-0.2, -0.15) is 0 Å². The van der Waals surface area contributed by atoms with Crippen molar-refractivity contribution in [1.29, 1.82) is 0 Å². The SMILES string of the molecule is C=C/C=C(\C=C)CC.Cc1ccc(C)cc1. The number of benzene rings is 1. The zero-order valence-corrected chi connectivity index (χ0v) is 10.7. The highest BCUT2D eigenvalue weighted by molar-refractivity contribution is 5.20. The molecule has 0 aliphatic heterocycles. The van der Waals surface area contributed by atoms with Crippen molar-refractivity contribution in [3.63, 3.8) is 0 Å². The molecule has 0 amide bonds. The highest BCUT2D eigenvalue weighted by Crippen LogP contribution is 2.00. The van der Waals surface area contributed by atoms with Gasteiger partial charge in [0.15, 0.2) is 0 Å². The van der Waals surface area contributed by atoms with Gasteiger partial charge in [0.1, 0.15) is 0 Å². The van der Waals surface area contributed by atoms with E-state index in [1.807, 2.05) is 12.2 Å². The van der Waals surface area contributed by atoms with Crippen molar-refractivity contribution in [2.45, 2.75) is 27.2 Å². The van der Waals surface area contributed by atoms with E-state index in [4.69, 9.17) is 0 Å². The topological polar surface area (TPSA) is 0 Å². The Bertz CT molecular complexity index is 318. The lowest BCUT2D eigenvalue weighted by Gasteiger charge is -1.90. The molecule has 0 heterocycles. The first-order valence-electron chi connectivity index (χ1n) is 5.61. The van der Waals surface area contributed by atoms with Crippen LogP contribution in [0, 0.1) is 13.8 Å². The molecule has 0 spiro atoms. The van der Waals surface area contributed by atoms with Gasteiger partial charge in [-0.3, -0.25) is 0 Å². The van der Waals surface area contributed by atoms with Gasteiger partial charge in [-0.15, -0.1) is 0 Å². The molecule has 0 saturated heterocycles. The maximum Gasteiger partial charge on any atom is -0.0308 e. The van der Waals surface area contributed by atoms with E-state index in [9.17, 15) is 0 Å². The number of aryl methyl sites for hydroxylation is 2. The third-order valence-corrected chi connectivity index (χ3v) is 2.22. The van der Waals surface area contributed by atoms with Crippen LogP contribution in [0.3, 0.4) is 0 Å². The van der Waals surface area contributed by atoms with E-state index in [0.717, 1.165) is 6.42 Å². The van der Waals surface area contributed by atoms with Gasteiger partial charge in [0.2, 0.25) is 0 Å². The minimum atomic E-state index is 1.04. The van der Waals surface area contributed by atoms with Gasteiger partial charge in [0, 0.05) is 0 Å². The fourth-order valence-electron chi connectivity index (χ4n) is 1.12. The van der Waals surface area contributed by atoms with Crippen LogP contribution in [0.5, 0.6) is 0 Å². The zero-order valence-electron chi connectivity index (χ0n) is 10.7. The molecule has 0 bridgehead atoms. The van der Waals surface area contributed by atoms with Crippen LogP contribution in [0.15, 0.2) is 61.2 Å². The van der Waals surface area contributed by atoms with Gasteiger partial charge in [-0.1, -0.05) is 73.7 Å². The molecular formula is C16H22. The monoisotopic (exact) mass is 214 g/mol. The second kappa shape index (κ2) is 8.72. The maximum absolute atomic E-state index is 3.63. The number of allylic oxidation sites excluding steroid dienone is 4. The average molecular weight is 214 g/mol. The molecule has 0 saturated carbocycles. The third-order valence-electron chi connectivity index (χ3n) is 2.22. The van der Waals surface area contributed by atoms with Crippen molar-refractivity contribution in [3.05, 3.63) is 72.4 Å². The van der Waals surface area contributed by atoms with E-state index in [2.05, 4.69) is 58.2 Å². The number of hydrogen-bond acceptors (Lipinski definition) is 0. The predicted octanol–water partition coefficient (Wildman–Crippen LogP) is 5.00. The van der Waals surface area contributed by atoms with Crippen LogP contribution in [0.25, 0.3) is 0 Å². The van der Waals surface area contributed by atoms with Gasteiger partial charge in [0.05, 0.1) is 0 Å². The lowest BCUT2D eigenvalue weighted by molar-refractivity contribution is 1.15. The molecule has 0 heteroatoms. The van der Waals surface area contributed by atoms with Gasteiger partial charge in [-0.05, 0) is 25.8 Å². The Morgan fingerprint density at radius 2 is 1.50 bits per heavy atom. The largest absolute Gasteiger partial charge is 0.0991 e. The molecule has 0 radical (unpaired) electrons. The Hall–Kier alpha value is -1.56. The van der Waals surface area contributed by atoms with Crippen LogP contribution in [0.1, 0.15) is 24.5 Å². The summed E-state index contributed by atoms with van der Waals surface area (Å²) in [5.41, 5.74) is 3.89. The standard InChI is InChI=1S/C8H10.C8H12/c1-7-3-5-8(2)6-4-7;1-4-7-8(5-2)6-3/h3-6H,1-2H3;4-5,7H,1-2,6H2,3H3/b;8-7+. The maximum atomic E-state index is 3.63. The molecule has 0 atom stereocenters. The van der Waals surface area contributed by atoms with Crippen molar-refractivity contribution in [2.24, 2.45) is 0 Å². The summed E-state index contributed by atoms with van der Waals surface area (Å²) in [5.74, 6) is 0. The first-order chi connectivity index (χ1) is 7.63. The molecule has 0 fully saturated rings. The van der Waals surface area contributed by atoms with E-state index < -0.39 is 0 Å². The van der Waals surface area contributed by atoms with E-state index in [1.54, 1.807) is 6.08 Å². The van der Waals surface area contributed by atoms with Crippen LogP contribution < -0.4 is 0 Å². The van der Waals surface area contributed by atoms with Crippen LogP contribution in [-0.4, -0.2) is 0 Å². The lowest BCUT2D eigenvalue weighted by atomic mass is 10.2. The van der Waals surface area contributed by atoms with Gasteiger partial charge in [-0.25, -0.2) is 0 Å². The summed E-state index contributed by atoms with van der Waals surface area (Å²) in [6.45, 7) is 13.5. The lowest BCUT2D eigenvalue weighted by Crippen LogP contribution is -1.70. The normalized spacial score (nSPS) is 10.1. The van der Waals surface area contributed by atoms with E-state index >= 15 is 0 Å². The van der Waals surface area contributed by atoms with E-state index in [-0.39, 0.29) is 0 Å². The molecule has 0 aliphatic carbocycles. The molecule has 1 aromatic carbocycles. The molecule has 1 aromatic rings. The Labute approximate surface area is 100 Å². The van der Waals surface area contributed by atoms with Crippen LogP contribution >= 0.6 is 0 Å². The Balaban J connectivity index is 0.000000281. The second-order valence-corrected chi connectivity index (χ2v) is 3.69. The van der Waals surface area contributed by atoms with Gasteiger partial charge >= 0.3 is 0 Å². The average Bonchev–Trinajstić information content (AvgIpc) is 2.31. The Morgan fingerprint density at radius 1 is 1.06 bits per heavy atom. The summed E-state index contributed by atoms with van der Waals surface area (Å²) in [5, 5.41) is 0. The molecule has 0 aliphatic rings. The molecule has 16 heavy (non-hydrogen) atoms. The fourth-order valence-corrected chi connectivity index (χ4v) is 1.12. The summed E-state index contributed by atoms with van der Waals surface area (Å²) < 4.78 is 0. The quantitative estimate of drug-likeness (QED) is 0.621. The number of hydrogen-bond donors (Lipinski definition) is 0. The Kier molecular flexibility index (Phi) is 7.87. The summed E-state index contributed by atoms with van der Waals surface area (Å²) in [6.07, 6.45) is 6.63. The molecule has 0 N–H and O–H groups in total. The summed E-state index contributed by atoms with van der Waals surface area (Å²) in [4.78, 5) is 0. The van der Waals surface area contributed by atoms with Crippen molar-refractivity contribution < 1.29 is 0 Å². The van der Waals surface area contributed by atoms with Crippen LogP contribution in [0.4, 0.5) is 0 Å². The molecule has 86 valence electrons. The highest BCUT2D eigenvalue weighted by atomic mass is 13.9. The van der Waals surface area contributed by atoms with Crippen LogP contribution in [0.2, 0.25) is 0 Å². The first-order valence-corrected chi connectivity index (χ1v) is 5.61. The number of rotatable bonds is 3. The first kappa shape index (κ1) is 14.4. The molecule has 0 unspecified atom stereocenters. The zero-order chi connectivity index (χ0) is 12.4. The molecule has 0 aromatic heterocycles. The van der Waals surface area contributed by atoms with E-state index in [1.165, 1.54) is 16.7 Å². The van der Waals surface area contributed by atoms with Crippen molar-refractivity contribution in [3.8, 4) is 0 Å². The molecule has 1 rings (SSSR count). The summed E-state index contributed by atoms with van der Waals surface area (Å²) >= 11 is 0. The molecule has 0 nitrogen and oxygen atoms in total. The summed E-state index contributed by atoms with van der Waals surface area (Å²) in [6, 6.07) is 8.48. The van der Waals surface area contributed by atoms with Gasteiger partial charge in [0.25, 0.3) is 0 Å². The minimum absolute atomic E-state index is 1.04.